The standard InChI is InChI=1S/C11H12AsO4/c1-3-10(14)12-9-5-4-7(13)6-8(9)11(15)16-2/h4-6,13H,3H2,1-2H3. The van der Waals surface area contributed by atoms with Crippen LogP contribution in [0, 0.1) is 0 Å². The van der Waals surface area contributed by atoms with Crippen LogP contribution in [0.4, 0.5) is 0 Å². The van der Waals surface area contributed by atoms with E-state index in [-0.39, 0.29) is 15.9 Å². The Bertz CT molecular complexity index is 414. The molecule has 5 heteroatoms. The Kier molecular flexibility index (Phi) is 4.56. The number of phenols is 1. The van der Waals surface area contributed by atoms with Gasteiger partial charge in [0.2, 0.25) is 0 Å². The number of ether oxygens (including phenoxy) is 1. The van der Waals surface area contributed by atoms with Crippen LogP contribution in [-0.4, -0.2) is 38.5 Å². The van der Waals surface area contributed by atoms with Crippen LogP contribution < -0.4 is 4.35 Å². The first-order chi connectivity index (χ1) is 7.58. The minimum absolute atomic E-state index is 0.00528. The Balaban J connectivity index is 3.07. The molecule has 0 aliphatic carbocycles. The minimum atomic E-state index is -0.707. The third-order valence-corrected chi connectivity index (χ3v) is 4.44. The van der Waals surface area contributed by atoms with Crippen molar-refractivity contribution < 1.29 is 19.4 Å². The number of aromatic hydroxyl groups is 1. The van der Waals surface area contributed by atoms with Gasteiger partial charge in [0.1, 0.15) is 0 Å². The Hall–Kier alpha value is -1.28. The van der Waals surface area contributed by atoms with E-state index in [2.05, 4.69) is 4.74 Å². The van der Waals surface area contributed by atoms with Crippen LogP contribution in [0.3, 0.4) is 0 Å². The van der Waals surface area contributed by atoms with E-state index < -0.39 is 21.7 Å². The van der Waals surface area contributed by atoms with E-state index in [1.54, 1.807) is 13.0 Å². The predicted molar refractivity (Wildman–Crippen MR) is 60.1 cm³/mol. The zero-order valence-corrected chi connectivity index (χ0v) is 10.9. The fourth-order valence-corrected chi connectivity index (χ4v) is 2.90. The van der Waals surface area contributed by atoms with Crippen molar-refractivity contribution in [2.75, 3.05) is 7.11 Å². The van der Waals surface area contributed by atoms with Crippen LogP contribution in [-0.2, 0) is 9.53 Å². The van der Waals surface area contributed by atoms with Gasteiger partial charge in [-0.2, -0.15) is 0 Å². The average molecular weight is 283 g/mol. The number of hydrogen-bond donors (Lipinski definition) is 1. The molecule has 4 nitrogen and oxygen atoms in total. The van der Waals surface area contributed by atoms with Gasteiger partial charge in [-0.05, 0) is 0 Å². The molecule has 1 aromatic carbocycles. The third-order valence-electron chi connectivity index (χ3n) is 1.93. The molecule has 1 rings (SSSR count). The van der Waals surface area contributed by atoms with Gasteiger partial charge in [-0.15, -0.1) is 0 Å². The number of phenolic OH excluding ortho intramolecular Hbond substituents is 1. The number of carbonyl (C=O) groups is 2. The van der Waals surface area contributed by atoms with Gasteiger partial charge in [-0.25, -0.2) is 0 Å². The molecule has 0 spiro atoms. The number of methoxy groups -OCH3 is 1. The first kappa shape index (κ1) is 12.8. The van der Waals surface area contributed by atoms with Crippen molar-refractivity contribution in [3.8, 4) is 5.75 Å². The van der Waals surface area contributed by atoms with Crippen LogP contribution in [0.5, 0.6) is 5.75 Å². The van der Waals surface area contributed by atoms with Crippen molar-refractivity contribution in [3.63, 3.8) is 0 Å². The number of rotatable bonds is 4. The molecule has 0 saturated heterocycles. The van der Waals surface area contributed by atoms with E-state index in [1.807, 2.05) is 0 Å². The summed E-state index contributed by atoms with van der Waals surface area (Å²) in [6, 6.07) is 4.41. The fourth-order valence-electron chi connectivity index (χ4n) is 1.11. The molecule has 1 radical (unpaired) electrons. The molecular weight excluding hydrogens is 271 g/mol. The zero-order valence-electron chi connectivity index (χ0n) is 9.06. The molecule has 1 N–H and O–H groups in total. The summed E-state index contributed by atoms with van der Waals surface area (Å²) in [6.07, 6.45) is 0.460. The van der Waals surface area contributed by atoms with Crippen LogP contribution >= 0.6 is 0 Å². The zero-order chi connectivity index (χ0) is 12.1. The van der Waals surface area contributed by atoms with E-state index in [1.165, 1.54) is 19.2 Å². The molecule has 0 unspecified atom stereocenters. The molecule has 85 valence electrons. The topological polar surface area (TPSA) is 63.6 Å². The van der Waals surface area contributed by atoms with E-state index in [4.69, 9.17) is 0 Å². The van der Waals surface area contributed by atoms with Gasteiger partial charge in [0.05, 0.1) is 0 Å². The Morgan fingerprint density at radius 3 is 2.69 bits per heavy atom. The van der Waals surface area contributed by atoms with Crippen LogP contribution in [0.1, 0.15) is 23.7 Å². The Morgan fingerprint density at radius 2 is 2.12 bits per heavy atom. The first-order valence-electron chi connectivity index (χ1n) is 4.74. The second-order valence-corrected chi connectivity index (χ2v) is 5.58. The summed E-state index contributed by atoms with van der Waals surface area (Å²) in [4.78, 5) is 22.8. The van der Waals surface area contributed by atoms with Crippen molar-refractivity contribution in [1.82, 2.24) is 0 Å². The molecule has 0 heterocycles. The van der Waals surface area contributed by atoms with Gasteiger partial charge in [0, 0.05) is 0 Å². The number of carbonyl (C=O) groups excluding carboxylic acids is 2. The summed E-state index contributed by atoms with van der Waals surface area (Å²) in [6.45, 7) is 1.79. The van der Waals surface area contributed by atoms with Gasteiger partial charge >= 0.3 is 100 Å². The van der Waals surface area contributed by atoms with Crippen molar-refractivity contribution in [3.05, 3.63) is 23.8 Å². The van der Waals surface area contributed by atoms with E-state index in [9.17, 15) is 14.7 Å². The molecule has 0 saturated carbocycles. The van der Waals surface area contributed by atoms with Crippen molar-refractivity contribution in [2.24, 2.45) is 0 Å². The molecule has 0 aromatic heterocycles. The molecule has 0 fully saturated rings. The van der Waals surface area contributed by atoms with Gasteiger partial charge < -0.3 is 0 Å². The van der Waals surface area contributed by atoms with E-state index >= 15 is 0 Å². The Morgan fingerprint density at radius 1 is 1.44 bits per heavy atom. The summed E-state index contributed by atoms with van der Waals surface area (Å²) in [5, 5.41) is 9.29. The molecule has 0 aliphatic heterocycles. The molecular formula is C11H12AsO4. The maximum absolute atomic E-state index is 11.4. The Labute approximate surface area is 100 Å². The summed E-state index contributed by atoms with van der Waals surface area (Å²) >= 11 is -0.707. The second-order valence-electron chi connectivity index (χ2n) is 3.05. The van der Waals surface area contributed by atoms with Crippen LogP contribution in [0.15, 0.2) is 18.2 Å². The van der Waals surface area contributed by atoms with Crippen molar-refractivity contribution in [2.45, 2.75) is 13.3 Å². The molecule has 0 atom stereocenters. The van der Waals surface area contributed by atoms with Gasteiger partial charge in [0.25, 0.3) is 0 Å². The third kappa shape index (κ3) is 3.10. The number of esters is 1. The van der Waals surface area contributed by atoms with Gasteiger partial charge in [0.15, 0.2) is 0 Å². The monoisotopic (exact) mass is 283 g/mol. The number of hydrogen-bond acceptors (Lipinski definition) is 4. The van der Waals surface area contributed by atoms with Crippen LogP contribution in [0.25, 0.3) is 0 Å². The predicted octanol–water partition coefficient (Wildman–Crippen LogP) is 0.445. The summed E-state index contributed by atoms with van der Waals surface area (Å²) in [7, 11) is 1.27. The van der Waals surface area contributed by atoms with E-state index in [0.717, 1.165) is 0 Å². The van der Waals surface area contributed by atoms with E-state index in [0.29, 0.717) is 10.8 Å². The molecule has 1 aromatic rings. The summed E-state index contributed by atoms with van der Waals surface area (Å²) in [5.74, 6) is -0.528. The fraction of sp³-hybridized carbons (Fsp3) is 0.273. The quantitative estimate of drug-likeness (QED) is 0.643. The normalized spacial score (nSPS) is 10.6. The maximum atomic E-state index is 11.4. The van der Waals surface area contributed by atoms with Crippen LogP contribution in [0.2, 0.25) is 0 Å². The van der Waals surface area contributed by atoms with Crippen molar-refractivity contribution in [1.29, 1.82) is 0 Å². The van der Waals surface area contributed by atoms with Gasteiger partial charge in [-0.3, -0.25) is 0 Å². The number of benzene rings is 1. The average Bonchev–Trinajstić information content (AvgIpc) is 2.30. The molecule has 0 aliphatic rings. The molecule has 0 amide bonds. The van der Waals surface area contributed by atoms with Gasteiger partial charge in [-0.1, -0.05) is 0 Å². The second kappa shape index (κ2) is 5.71. The SMILES string of the molecule is CCC(=O)[As]c1ccc(O)cc1C(=O)OC. The molecule has 0 bridgehead atoms. The van der Waals surface area contributed by atoms with Crippen molar-refractivity contribution >= 4 is 30.6 Å². The summed E-state index contributed by atoms with van der Waals surface area (Å²) < 4.78 is 5.41. The summed E-state index contributed by atoms with van der Waals surface area (Å²) in [5.41, 5.74) is 0.282. The molecule has 16 heavy (non-hydrogen) atoms. The first-order valence-corrected chi connectivity index (χ1v) is 6.62.